The van der Waals surface area contributed by atoms with Gasteiger partial charge in [-0.2, -0.15) is 5.10 Å². The van der Waals surface area contributed by atoms with Crippen molar-refractivity contribution >= 4 is 0 Å². The van der Waals surface area contributed by atoms with Gasteiger partial charge in [-0.3, -0.25) is 4.68 Å². The maximum absolute atomic E-state index is 10.7. The highest BCUT2D eigenvalue weighted by molar-refractivity contribution is 5.78. The molecule has 3 aromatic rings. The van der Waals surface area contributed by atoms with Gasteiger partial charge < -0.3 is 5.11 Å². The van der Waals surface area contributed by atoms with Gasteiger partial charge in [0.05, 0.1) is 0 Å². The van der Waals surface area contributed by atoms with Gasteiger partial charge in [0.2, 0.25) is 0 Å². The number of aromatic nitrogens is 2. The van der Waals surface area contributed by atoms with E-state index in [4.69, 9.17) is 0 Å². The molecule has 2 aromatic carbocycles. The fourth-order valence-electron chi connectivity index (χ4n) is 2.45. The topological polar surface area (TPSA) is 38.0 Å². The second-order valence-electron chi connectivity index (χ2n) is 5.32. The molecule has 0 amide bonds. The summed E-state index contributed by atoms with van der Waals surface area (Å²) in [5.74, 6) is 0.237. The van der Waals surface area contributed by atoms with E-state index in [-0.39, 0.29) is 11.8 Å². The second kappa shape index (κ2) is 5.44. The minimum absolute atomic E-state index is 0.170. The molecule has 3 nitrogen and oxygen atoms in total. The van der Waals surface area contributed by atoms with Crippen LogP contribution in [0.3, 0.4) is 0 Å². The van der Waals surface area contributed by atoms with Gasteiger partial charge >= 0.3 is 0 Å². The van der Waals surface area contributed by atoms with Crippen molar-refractivity contribution in [3.8, 4) is 28.3 Å². The molecule has 3 rings (SSSR count). The summed E-state index contributed by atoms with van der Waals surface area (Å²) < 4.78 is 1.88. The van der Waals surface area contributed by atoms with Crippen molar-refractivity contribution < 1.29 is 5.11 Å². The Balaban J connectivity index is 2.22. The predicted octanol–water partition coefficient (Wildman–Crippen LogP) is 4.50. The third-order valence-electron chi connectivity index (χ3n) is 3.47. The summed E-state index contributed by atoms with van der Waals surface area (Å²) in [7, 11) is 0. The molecule has 0 aliphatic heterocycles. The number of nitrogens with zero attached hydrogens (tertiary/aromatic N) is 2. The van der Waals surface area contributed by atoms with Gasteiger partial charge in [0.15, 0.2) is 5.75 Å². The smallest absolute Gasteiger partial charge is 0.169 e. The molecule has 0 aliphatic carbocycles. The van der Waals surface area contributed by atoms with Crippen LogP contribution in [0, 0.1) is 0 Å². The van der Waals surface area contributed by atoms with Crippen LogP contribution >= 0.6 is 0 Å². The highest BCUT2D eigenvalue weighted by Crippen LogP contribution is 2.39. The number of hydrogen-bond acceptors (Lipinski definition) is 2. The van der Waals surface area contributed by atoms with Crippen LogP contribution in [-0.2, 0) is 0 Å². The summed E-state index contributed by atoms with van der Waals surface area (Å²) in [6, 6.07) is 19.8. The van der Waals surface area contributed by atoms with Crippen molar-refractivity contribution in [2.45, 2.75) is 19.9 Å². The molecular weight excluding hydrogens is 260 g/mol. The van der Waals surface area contributed by atoms with Crippen LogP contribution in [-0.4, -0.2) is 14.9 Å². The van der Waals surface area contributed by atoms with E-state index in [1.807, 2.05) is 65.3 Å². The Morgan fingerprint density at radius 2 is 1.38 bits per heavy atom. The lowest BCUT2D eigenvalue weighted by molar-refractivity contribution is 0.475. The molecule has 1 heterocycles. The molecule has 3 heteroatoms. The standard InChI is InChI=1S/C18H18N2O/c1-13(2)20-17(15-11-7-4-8-12-15)18(21)16(19-20)14-9-5-3-6-10-14/h3-13,21H,1-2H3. The summed E-state index contributed by atoms with van der Waals surface area (Å²) >= 11 is 0. The van der Waals surface area contributed by atoms with Gasteiger partial charge in [-0.1, -0.05) is 60.7 Å². The first-order valence-electron chi connectivity index (χ1n) is 7.11. The Hall–Kier alpha value is -2.55. The Kier molecular flexibility index (Phi) is 3.48. The summed E-state index contributed by atoms with van der Waals surface area (Å²) in [5, 5.41) is 15.3. The number of rotatable bonds is 3. The molecule has 0 saturated heterocycles. The van der Waals surface area contributed by atoms with Crippen molar-refractivity contribution in [3.05, 3.63) is 60.7 Å². The van der Waals surface area contributed by atoms with Crippen LogP contribution in [0.1, 0.15) is 19.9 Å². The van der Waals surface area contributed by atoms with Crippen LogP contribution in [0.5, 0.6) is 5.75 Å². The lowest BCUT2D eigenvalue weighted by Crippen LogP contribution is -2.04. The second-order valence-corrected chi connectivity index (χ2v) is 5.32. The maximum Gasteiger partial charge on any atom is 0.169 e. The first-order chi connectivity index (χ1) is 10.2. The highest BCUT2D eigenvalue weighted by atomic mass is 16.3. The third-order valence-corrected chi connectivity index (χ3v) is 3.47. The van der Waals surface area contributed by atoms with Crippen molar-refractivity contribution in [1.29, 1.82) is 0 Å². The summed E-state index contributed by atoms with van der Waals surface area (Å²) in [5.41, 5.74) is 3.29. The van der Waals surface area contributed by atoms with Gasteiger partial charge in [0, 0.05) is 17.2 Å². The maximum atomic E-state index is 10.7. The molecule has 0 spiro atoms. The normalized spacial score (nSPS) is 11.0. The first-order valence-corrected chi connectivity index (χ1v) is 7.11. The molecule has 0 atom stereocenters. The van der Waals surface area contributed by atoms with Crippen molar-refractivity contribution in [2.24, 2.45) is 0 Å². The lowest BCUT2D eigenvalue weighted by atomic mass is 10.1. The number of benzene rings is 2. The van der Waals surface area contributed by atoms with Gasteiger partial charge in [-0.25, -0.2) is 0 Å². The fourth-order valence-corrected chi connectivity index (χ4v) is 2.45. The van der Waals surface area contributed by atoms with Crippen molar-refractivity contribution in [2.75, 3.05) is 0 Å². The van der Waals surface area contributed by atoms with E-state index in [2.05, 4.69) is 18.9 Å². The lowest BCUT2D eigenvalue weighted by Gasteiger charge is -2.10. The van der Waals surface area contributed by atoms with E-state index < -0.39 is 0 Å². The molecule has 0 aliphatic rings. The molecule has 0 fully saturated rings. The zero-order valence-electron chi connectivity index (χ0n) is 12.2. The zero-order valence-corrected chi connectivity index (χ0v) is 12.2. The van der Waals surface area contributed by atoms with Crippen LogP contribution in [0.2, 0.25) is 0 Å². The van der Waals surface area contributed by atoms with E-state index in [0.717, 1.165) is 16.8 Å². The van der Waals surface area contributed by atoms with E-state index in [9.17, 15) is 5.11 Å². The average Bonchev–Trinajstić information content (AvgIpc) is 2.87. The molecular formula is C18H18N2O. The molecule has 106 valence electrons. The van der Waals surface area contributed by atoms with Gasteiger partial charge in [-0.15, -0.1) is 0 Å². The monoisotopic (exact) mass is 278 g/mol. The minimum atomic E-state index is 0.170. The van der Waals surface area contributed by atoms with Gasteiger partial charge in [-0.05, 0) is 13.8 Å². The predicted molar refractivity (Wildman–Crippen MR) is 85.1 cm³/mol. The van der Waals surface area contributed by atoms with Crippen molar-refractivity contribution in [1.82, 2.24) is 9.78 Å². The Morgan fingerprint density at radius 1 is 0.857 bits per heavy atom. The first kappa shape index (κ1) is 13.4. The Bertz CT molecular complexity index is 731. The highest BCUT2D eigenvalue weighted by Gasteiger charge is 2.21. The van der Waals surface area contributed by atoms with E-state index in [1.54, 1.807) is 0 Å². The average molecular weight is 278 g/mol. The molecule has 0 saturated carbocycles. The van der Waals surface area contributed by atoms with Crippen LogP contribution in [0.4, 0.5) is 0 Å². The molecule has 0 unspecified atom stereocenters. The molecule has 21 heavy (non-hydrogen) atoms. The number of aromatic hydroxyl groups is 1. The summed E-state index contributed by atoms with van der Waals surface area (Å²) in [6.45, 7) is 4.13. The molecule has 0 radical (unpaired) electrons. The zero-order chi connectivity index (χ0) is 14.8. The largest absolute Gasteiger partial charge is 0.504 e. The Labute approximate surface area is 124 Å². The molecule has 1 aromatic heterocycles. The van der Waals surface area contributed by atoms with E-state index in [1.165, 1.54) is 0 Å². The minimum Gasteiger partial charge on any atom is -0.504 e. The van der Waals surface area contributed by atoms with Gasteiger partial charge in [0.1, 0.15) is 11.4 Å². The van der Waals surface area contributed by atoms with Crippen molar-refractivity contribution in [3.63, 3.8) is 0 Å². The Morgan fingerprint density at radius 3 is 1.90 bits per heavy atom. The van der Waals surface area contributed by atoms with Crippen LogP contribution in [0.15, 0.2) is 60.7 Å². The van der Waals surface area contributed by atoms with Crippen LogP contribution < -0.4 is 0 Å². The SMILES string of the molecule is CC(C)n1nc(-c2ccccc2)c(O)c1-c1ccccc1. The van der Waals surface area contributed by atoms with Gasteiger partial charge in [0.25, 0.3) is 0 Å². The summed E-state index contributed by atoms with van der Waals surface area (Å²) in [4.78, 5) is 0. The van der Waals surface area contributed by atoms with E-state index in [0.29, 0.717) is 5.69 Å². The summed E-state index contributed by atoms with van der Waals surface area (Å²) in [6.07, 6.45) is 0. The number of hydrogen-bond donors (Lipinski definition) is 1. The quantitative estimate of drug-likeness (QED) is 0.765. The molecule has 1 N–H and O–H groups in total. The molecule has 0 bridgehead atoms. The van der Waals surface area contributed by atoms with E-state index >= 15 is 0 Å². The van der Waals surface area contributed by atoms with Crippen LogP contribution in [0.25, 0.3) is 22.5 Å². The third kappa shape index (κ3) is 2.42. The fraction of sp³-hybridized carbons (Fsp3) is 0.167.